The van der Waals surface area contributed by atoms with Gasteiger partial charge < -0.3 is 15.4 Å². The van der Waals surface area contributed by atoms with Crippen LogP contribution in [0.2, 0.25) is 0 Å². The van der Waals surface area contributed by atoms with E-state index in [-0.39, 0.29) is 11.9 Å². The monoisotopic (exact) mass is 318 g/mol. The summed E-state index contributed by atoms with van der Waals surface area (Å²) >= 11 is 0. The first kappa shape index (κ1) is 17.5. The SMILES string of the molecule is CCCOC(=O)c1ccc(NC(=O)CNC2CCCCC2)cc1. The average Bonchev–Trinajstić information content (AvgIpc) is 2.59. The highest BCUT2D eigenvalue weighted by atomic mass is 16.5. The summed E-state index contributed by atoms with van der Waals surface area (Å²) in [7, 11) is 0. The molecule has 1 amide bonds. The maximum absolute atomic E-state index is 12.0. The van der Waals surface area contributed by atoms with Crippen molar-refractivity contribution in [3.63, 3.8) is 0 Å². The van der Waals surface area contributed by atoms with Crippen molar-refractivity contribution in [1.29, 1.82) is 0 Å². The third-order valence-electron chi connectivity index (χ3n) is 4.00. The molecule has 0 saturated heterocycles. The fraction of sp³-hybridized carbons (Fsp3) is 0.556. The molecule has 1 fully saturated rings. The predicted octanol–water partition coefficient (Wildman–Crippen LogP) is 3.11. The summed E-state index contributed by atoms with van der Waals surface area (Å²) in [6, 6.07) is 7.25. The van der Waals surface area contributed by atoms with Crippen LogP contribution in [0.5, 0.6) is 0 Å². The van der Waals surface area contributed by atoms with Crippen LogP contribution in [0.1, 0.15) is 55.8 Å². The van der Waals surface area contributed by atoms with Gasteiger partial charge in [-0.1, -0.05) is 26.2 Å². The van der Waals surface area contributed by atoms with E-state index >= 15 is 0 Å². The molecule has 1 aliphatic rings. The number of hydrogen-bond donors (Lipinski definition) is 2. The number of anilines is 1. The first-order chi connectivity index (χ1) is 11.2. The number of hydrogen-bond acceptors (Lipinski definition) is 4. The van der Waals surface area contributed by atoms with Gasteiger partial charge in [-0.25, -0.2) is 4.79 Å². The molecule has 0 aliphatic heterocycles. The van der Waals surface area contributed by atoms with Crippen LogP contribution in [0.3, 0.4) is 0 Å². The van der Waals surface area contributed by atoms with Crippen LogP contribution in [0, 0.1) is 0 Å². The molecule has 1 aliphatic carbocycles. The smallest absolute Gasteiger partial charge is 0.338 e. The molecule has 0 unspecified atom stereocenters. The lowest BCUT2D eigenvalue weighted by Gasteiger charge is -2.22. The van der Waals surface area contributed by atoms with Gasteiger partial charge in [0, 0.05) is 11.7 Å². The van der Waals surface area contributed by atoms with Crippen molar-refractivity contribution in [2.75, 3.05) is 18.5 Å². The number of esters is 1. The standard InChI is InChI=1S/C18H26N2O3/c1-2-12-23-18(22)14-8-10-16(11-9-14)20-17(21)13-19-15-6-4-3-5-7-15/h8-11,15,19H,2-7,12-13H2,1H3,(H,20,21). The van der Waals surface area contributed by atoms with E-state index < -0.39 is 0 Å². The van der Waals surface area contributed by atoms with Crippen molar-refractivity contribution >= 4 is 17.6 Å². The molecule has 0 aromatic heterocycles. The zero-order chi connectivity index (χ0) is 16.5. The normalized spacial score (nSPS) is 15.2. The van der Waals surface area contributed by atoms with Crippen molar-refractivity contribution in [3.8, 4) is 0 Å². The van der Waals surface area contributed by atoms with Gasteiger partial charge in [-0.3, -0.25) is 4.79 Å². The Bertz CT molecular complexity index is 508. The number of ether oxygens (including phenoxy) is 1. The lowest BCUT2D eigenvalue weighted by molar-refractivity contribution is -0.115. The number of nitrogens with one attached hydrogen (secondary N) is 2. The molecule has 23 heavy (non-hydrogen) atoms. The molecule has 0 bridgehead atoms. The van der Waals surface area contributed by atoms with Crippen molar-refractivity contribution in [3.05, 3.63) is 29.8 Å². The summed E-state index contributed by atoms with van der Waals surface area (Å²) in [6.07, 6.45) is 6.90. The summed E-state index contributed by atoms with van der Waals surface area (Å²) < 4.78 is 5.07. The molecule has 0 atom stereocenters. The predicted molar refractivity (Wildman–Crippen MR) is 90.5 cm³/mol. The molecular formula is C18H26N2O3. The van der Waals surface area contributed by atoms with E-state index in [1.165, 1.54) is 19.3 Å². The van der Waals surface area contributed by atoms with Crippen LogP contribution in [0.15, 0.2) is 24.3 Å². The maximum atomic E-state index is 12.0. The fourth-order valence-corrected chi connectivity index (χ4v) is 2.72. The molecule has 2 rings (SSSR count). The summed E-state index contributed by atoms with van der Waals surface area (Å²) in [5, 5.41) is 6.15. The second-order valence-corrected chi connectivity index (χ2v) is 5.98. The van der Waals surface area contributed by atoms with E-state index in [2.05, 4.69) is 10.6 Å². The average molecular weight is 318 g/mol. The number of benzene rings is 1. The van der Waals surface area contributed by atoms with Gasteiger partial charge in [0.2, 0.25) is 5.91 Å². The second-order valence-electron chi connectivity index (χ2n) is 5.98. The van der Waals surface area contributed by atoms with Gasteiger partial charge >= 0.3 is 5.97 Å². The molecule has 1 saturated carbocycles. The Morgan fingerprint density at radius 1 is 1.13 bits per heavy atom. The van der Waals surface area contributed by atoms with E-state index in [0.29, 0.717) is 30.4 Å². The Kier molecular flexibility index (Phi) is 7.07. The van der Waals surface area contributed by atoms with Crippen LogP contribution in [-0.4, -0.2) is 31.1 Å². The highest BCUT2D eigenvalue weighted by Crippen LogP contribution is 2.17. The van der Waals surface area contributed by atoms with E-state index in [0.717, 1.165) is 19.3 Å². The third kappa shape index (κ3) is 6.02. The van der Waals surface area contributed by atoms with Gasteiger partial charge in [-0.05, 0) is 43.5 Å². The van der Waals surface area contributed by atoms with Gasteiger partial charge in [0.15, 0.2) is 0 Å². The molecule has 0 spiro atoms. The van der Waals surface area contributed by atoms with Crippen molar-refractivity contribution in [1.82, 2.24) is 5.32 Å². The fourth-order valence-electron chi connectivity index (χ4n) is 2.72. The molecular weight excluding hydrogens is 292 g/mol. The van der Waals surface area contributed by atoms with E-state index in [1.54, 1.807) is 24.3 Å². The highest BCUT2D eigenvalue weighted by Gasteiger charge is 2.14. The van der Waals surface area contributed by atoms with Crippen LogP contribution < -0.4 is 10.6 Å². The lowest BCUT2D eigenvalue weighted by Crippen LogP contribution is -2.37. The Hall–Kier alpha value is -1.88. The zero-order valence-electron chi connectivity index (χ0n) is 13.8. The molecule has 1 aromatic rings. The van der Waals surface area contributed by atoms with Crippen LogP contribution in [0.4, 0.5) is 5.69 Å². The van der Waals surface area contributed by atoms with E-state index in [1.807, 2.05) is 6.92 Å². The molecule has 2 N–H and O–H groups in total. The second kappa shape index (κ2) is 9.30. The van der Waals surface area contributed by atoms with Gasteiger partial charge in [-0.2, -0.15) is 0 Å². The summed E-state index contributed by atoms with van der Waals surface area (Å²) in [5.74, 6) is -0.388. The van der Waals surface area contributed by atoms with Gasteiger partial charge in [0.25, 0.3) is 0 Å². The van der Waals surface area contributed by atoms with E-state index in [4.69, 9.17) is 4.74 Å². The van der Waals surface area contributed by atoms with E-state index in [9.17, 15) is 9.59 Å². The summed E-state index contributed by atoms with van der Waals surface area (Å²) in [6.45, 7) is 2.70. The Balaban J connectivity index is 1.76. The first-order valence-electron chi connectivity index (χ1n) is 8.49. The first-order valence-corrected chi connectivity index (χ1v) is 8.49. The minimum absolute atomic E-state index is 0.0584. The molecule has 126 valence electrons. The number of amides is 1. The number of carbonyl (C=O) groups is 2. The molecule has 0 radical (unpaired) electrons. The Morgan fingerprint density at radius 3 is 2.48 bits per heavy atom. The number of carbonyl (C=O) groups excluding carboxylic acids is 2. The highest BCUT2D eigenvalue weighted by molar-refractivity contribution is 5.94. The molecule has 0 heterocycles. The summed E-state index contributed by atoms with van der Waals surface area (Å²) in [5.41, 5.74) is 1.18. The van der Waals surface area contributed by atoms with Crippen LogP contribution in [0.25, 0.3) is 0 Å². The van der Waals surface area contributed by atoms with Crippen molar-refractivity contribution < 1.29 is 14.3 Å². The topological polar surface area (TPSA) is 67.4 Å². The molecule has 5 nitrogen and oxygen atoms in total. The Morgan fingerprint density at radius 2 is 1.83 bits per heavy atom. The summed E-state index contributed by atoms with van der Waals surface area (Å²) in [4.78, 5) is 23.6. The largest absolute Gasteiger partial charge is 0.462 e. The maximum Gasteiger partial charge on any atom is 0.338 e. The third-order valence-corrected chi connectivity index (χ3v) is 4.00. The van der Waals surface area contributed by atoms with Crippen molar-refractivity contribution in [2.45, 2.75) is 51.5 Å². The van der Waals surface area contributed by atoms with Crippen LogP contribution in [-0.2, 0) is 9.53 Å². The van der Waals surface area contributed by atoms with Gasteiger partial charge in [0.1, 0.15) is 0 Å². The minimum Gasteiger partial charge on any atom is -0.462 e. The van der Waals surface area contributed by atoms with Gasteiger partial charge in [-0.15, -0.1) is 0 Å². The van der Waals surface area contributed by atoms with Crippen molar-refractivity contribution in [2.24, 2.45) is 0 Å². The molecule has 1 aromatic carbocycles. The minimum atomic E-state index is -0.330. The zero-order valence-corrected chi connectivity index (χ0v) is 13.8. The lowest BCUT2D eigenvalue weighted by atomic mass is 9.95. The Labute approximate surface area is 137 Å². The van der Waals surface area contributed by atoms with Crippen LogP contribution >= 0.6 is 0 Å². The quantitative estimate of drug-likeness (QED) is 0.758. The number of rotatable bonds is 7. The van der Waals surface area contributed by atoms with Gasteiger partial charge in [0.05, 0.1) is 18.7 Å². The molecule has 5 heteroatoms.